The SMILES string of the molecule is Cc1noc(C)c1COc1ccc(CC(=O)N2CCCC[C@@H]2C(=O)O)cc1. The molecule has 144 valence electrons. The van der Waals surface area contributed by atoms with Crippen molar-refractivity contribution < 1.29 is 24.0 Å². The van der Waals surface area contributed by atoms with Crippen molar-refractivity contribution in [3.63, 3.8) is 0 Å². The summed E-state index contributed by atoms with van der Waals surface area (Å²) in [6.07, 6.45) is 2.41. The second-order valence-corrected chi connectivity index (χ2v) is 6.85. The molecule has 0 bridgehead atoms. The molecule has 1 atom stereocenters. The predicted octanol–water partition coefficient (Wildman–Crippen LogP) is 2.88. The lowest BCUT2D eigenvalue weighted by molar-refractivity contribution is -0.151. The average molecular weight is 372 g/mol. The Morgan fingerprint density at radius 2 is 2.00 bits per heavy atom. The van der Waals surface area contributed by atoms with E-state index in [4.69, 9.17) is 9.26 Å². The Hall–Kier alpha value is -2.83. The van der Waals surface area contributed by atoms with Gasteiger partial charge in [0, 0.05) is 6.54 Å². The van der Waals surface area contributed by atoms with Gasteiger partial charge in [0.1, 0.15) is 24.2 Å². The Balaban J connectivity index is 1.58. The quantitative estimate of drug-likeness (QED) is 0.838. The van der Waals surface area contributed by atoms with Crippen LogP contribution in [0.2, 0.25) is 0 Å². The fourth-order valence-electron chi connectivity index (χ4n) is 3.33. The maximum atomic E-state index is 12.5. The molecule has 1 N–H and O–H groups in total. The van der Waals surface area contributed by atoms with Crippen LogP contribution in [0.3, 0.4) is 0 Å². The number of carbonyl (C=O) groups excluding carboxylic acids is 1. The van der Waals surface area contributed by atoms with E-state index in [-0.39, 0.29) is 12.3 Å². The zero-order chi connectivity index (χ0) is 19.4. The molecule has 1 saturated heterocycles. The summed E-state index contributed by atoms with van der Waals surface area (Å²) in [6, 6.07) is 6.58. The summed E-state index contributed by atoms with van der Waals surface area (Å²) >= 11 is 0. The number of rotatable bonds is 6. The van der Waals surface area contributed by atoms with Gasteiger partial charge in [-0.05, 0) is 50.8 Å². The van der Waals surface area contributed by atoms with E-state index in [2.05, 4.69) is 5.16 Å². The summed E-state index contributed by atoms with van der Waals surface area (Å²) < 4.78 is 10.9. The highest BCUT2D eigenvalue weighted by Crippen LogP contribution is 2.21. The standard InChI is InChI=1S/C20H24N2O5/c1-13-17(14(2)27-21-13)12-26-16-8-6-15(7-9-16)11-19(23)22-10-4-3-5-18(22)20(24)25/h6-9,18H,3-5,10-12H2,1-2H3,(H,24,25)/t18-/m1/s1. The molecule has 1 aliphatic rings. The van der Waals surface area contributed by atoms with Crippen molar-refractivity contribution in [1.82, 2.24) is 10.1 Å². The number of hydrogen-bond acceptors (Lipinski definition) is 5. The summed E-state index contributed by atoms with van der Waals surface area (Å²) in [5, 5.41) is 13.2. The third-order valence-corrected chi connectivity index (χ3v) is 4.95. The molecule has 0 spiro atoms. The van der Waals surface area contributed by atoms with Crippen LogP contribution in [-0.4, -0.2) is 39.6 Å². The van der Waals surface area contributed by atoms with Gasteiger partial charge >= 0.3 is 5.97 Å². The van der Waals surface area contributed by atoms with E-state index < -0.39 is 12.0 Å². The lowest BCUT2D eigenvalue weighted by Gasteiger charge is -2.33. The van der Waals surface area contributed by atoms with E-state index in [0.29, 0.717) is 25.3 Å². The summed E-state index contributed by atoms with van der Waals surface area (Å²) in [5.41, 5.74) is 2.57. The van der Waals surface area contributed by atoms with Crippen LogP contribution in [0.5, 0.6) is 5.75 Å². The molecule has 0 saturated carbocycles. The summed E-state index contributed by atoms with van der Waals surface area (Å²) in [6.45, 7) is 4.59. The van der Waals surface area contributed by atoms with Crippen molar-refractivity contribution in [1.29, 1.82) is 0 Å². The molecule has 0 aliphatic carbocycles. The van der Waals surface area contributed by atoms with Crippen LogP contribution in [0.25, 0.3) is 0 Å². The van der Waals surface area contributed by atoms with Crippen molar-refractivity contribution in [2.24, 2.45) is 0 Å². The van der Waals surface area contributed by atoms with E-state index in [1.54, 1.807) is 0 Å². The number of nitrogens with zero attached hydrogens (tertiary/aromatic N) is 2. The van der Waals surface area contributed by atoms with E-state index in [9.17, 15) is 14.7 Å². The third kappa shape index (κ3) is 4.48. The Kier molecular flexibility index (Phi) is 5.78. The number of amides is 1. The van der Waals surface area contributed by atoms with Gasteiger partial charge in [-0.25, -0.2) is 4.79 Å². The smallest absolute Gasteiger partial charge is 0.326 e. The molecule has 1 aromatic heterocycles. The first-order valence-electron chi connectivity index (χ1n) is 9.11. The van der Waals surface area contributed by atoms with Gasteiger partial charge in [-0.3, -0.25) is 4.79 Å². The largest absolute Gasteiger partial charge is 0.489 e. The highest BCUT2D eigenvalue weighted by atomic mass is 16.5. The van der Waals surface area contributed by atoms with Gasteiger partial charge in [0.2, 0.25) is 5.91 Å². The Morgan fingerprint density at radius 1 is 1.26 bits per heavy atom. The molecule has 1 amide bonds. The highest BCUT2D eigenvalue weighted by Gasteiger charge is 2.31. The van der Waals surface area contributed by atoms with Crippen molar-refractivity contribution >= 4 is 11.9 Å². The van der Waals surface area contributed by atoms with Crippen molar-refractivity contribution in [3.05, 3.63) is 46.8 Å². The zero-order valence-corrected chi connectivity index (χ0v) is 15.6. The molecule has 1 aromatic carbocycles. The van der Waals surface area contributed by atoms with Crippen LogP contribution >= 0.6 is 0 Å². The molecule has 7 heteroatoms. The maximum Gasteiger partial charge on any atom is 0.326 e. The lowest BCUT2D eigenvalue weighted by Crippen LogP contribution is -2.48. The molecule has 7 nitrogen and oxygen atoms in total. The summed E-state index contributed by atoms with van der Waals surface area (Å²) in [5.74, 6) is 0.356. The Morgan fingerprint density at radius 3 is 2.63 bits per heavy atom. The average Bonchev–Trinajstić information content (AvgIpc) is 2.99. The Bertz CT molecular complexity index is 793. The Labute approximate surface area is 157 Å². The molecule has 0 unspecified atom stereocenters. The number of benzene rings is 1. The van der Waals surface area contributed by atoms with Crippen LogP contribution < -0.4 is 4.74 Å². The number of aliphatic carboxylic acids is 1. The molecule has 27 heavy (non-hydrogen) atoms. The van der Waals surface area contributed by atoms with Gasteiger partial charge in [-0.15, -0.1) is 0 Å². The molecule has 0 radical (unpaired) electrons. The fourth-order valence-corrected chi connectivity index (χ4v) is 3.33. The van der Waals surface area contributed by atoms with Crippen LogP contribution in [0.15, 0.2) is 28.8 Å². The van der Waals surface area contributed by atoms with E-state index in [1.807, 2.05) is 38.1 Å². The van der Waals surface area contributed by atoms with E-state index >= 15 is 0 Å². The van der Waals surface area contributed by atoms with Gasteiger partial charge < -0.3 is 19.3 Å². The van der Waals surface area contributed by atoms with Crippen LogP contribution in [0.4, 0.5) is 0 Å². The second kappa shape index (κ2) is 8.24. The topological polar surface area (TPSA) is 92.9 Å². The molecule has 2 heterocycles. The number of carbonyl (C=O) groups is 2. The molecule has 1 aliphatic heterocycles. The first-order valence-corrected chi connectivity index (χ1v) is 9.11. The number of carboxylic acid groups (broad SMARTS) is 1. The van der Waals surface area contributed by atoms with E-state index in [1.165, 1.54) is 4.90 Å². The first-order chi connectivity index (χ1) is 13.0. The van der Waals surface area contributed by atoms with Crippen molar-refractivity contribution in [3.8, 4) is 5.75 Å². The zero-order valence-electron chi connectivity index (χ0n) is 15.6. The monoisotopic (exact) mass is 372 g/mol. The summed E-state index contributed by atoms with van der Waals surface area (Å²) in [4.78, 5) is 25.4. The minimum atomic E-state index is -0.925. The molecule has 3 rings (SSSR count). The molecule has 1 fully saturated rings. The third-order valence-electron chi connectivity index (χ3n) is 4.95. The van der Waals surface area contributed by atoms with E-state index in [0.717, 1.165) is 35.4 Å². The fraction of sp³-hybridized carbons (Fsp3) is 0.450. The van der Waals surface area contributed by atoms with Gasteiger partial charge in [-0.2, -0.15) is 0 Å². The van der Waals surface area contributed by atoms with Crippen LogP contribution in [0.1, 0.15) is 41.8 Å². The van der Waals surface area contributed by atoms with Gasteiger partial charge in [-0.1, -0.05) is 17.3 Å². The number of aryl methyl sites for hydroxylation is 2. The molecular formula is C20H24N2O5. The number of carboxylic acids is 1. The number of aromatic nitrogens is 1. The maximum absolute atomic E-state index is 12.5. The van der Waals surface area contributed by atoms with Crippen molar-refractivity contribution in [2.75, 3.05) is 6.54 Å². The number of hydrogen-bond donors (Lipinski definition) is 1. The van der Waals surface area contributed by atoms with Gasteiger partial charge in [0.15, 0.2) is 0 Å². The molecule has 2 aromatic rings. The minimum absolute atomic E-state index is 0.147. The first kappa shape index (κ1) is 18.9. The molecular weight excluding hydrogens is 348 g/mol. The number of likely N-dealkylation sites (tertiary alicyclic amines) is 1. The van der Waals surface area contributed by atoms with Gasteiger partial charge in [0.05, 0.1) is 17.7 Å². The van der Waals surface area contributed by atoms with Crippen LogP contribution in [0, 0.1) is 13.8 Å². The van der Waals surface area contributed by atoms with Crippen molar-refractivity contribution in [2.45, 2.75) is 52.2 Å². The lowest BCUT2D eigenvalue weighted by atomic mass is 10.0. The highest BCUT2D eigenvalue weighted by molar-refractivity contribution is 5.85. The van der Waals surface area contributed by atoms with Gasteiger partial charge in [0.25, 0.3) is 0 Å². The predicted molar refractivity (Wildman–Crippen MR) is 97.4 cm³/mol. The minimum Gasteiger partial charge on any atom is -0.489 e. The van der Waals surface area contributed by atoms with Crippen LogP contribution in [-0.2, 0) is 22.6 Å². The summed E-state index contributed by atoms with van der Waals surface area (Å²) in [7, 11) is 0. The second-order valence-electron chi connectivity index (χ2n) is 6.85. The number of piperidine rings is 1. The normalized spacial score (nSPS) is 17.0. The number of ether oxygens (including phenoxy) is 1.